The van der Waals surface area contributed by atoms with Gasteiger partial charge in [0.05, 0.1) is 0 Å². The normalized spacial score (nSPS) is 19.8. The summed E-state index contributed by atoms with van der Waals surface area (Å²) >= 11 is 0. The first-order valence-corrected chi connectivity index (χ1v) is 8.47. The minimum absolute atomic E-state index is 0.157. The maximum absolute atomic E-state index is 13.0. The van der Waals surface area contributed by atoms with E-state index in [9.17, 15) is 9.59 Å². The zero-order chi connectivity index (χ0) is 18.0. The van der Waals surface area contributed by atoms with E-state index in [1.807, 2.05) is 42.5 Å². The van der Waals surface area contributed by atoms with Crippen LogP contribution in [0.5, 0.6) is 0 Å². The second kappa shape index (κ2) is 6.69. The summed E-state index contributed by atoms with van der Waals surface area (Å²) < 4.78 is 0. The topological polar surface area (TPSA) is 89.4 Å². The van der Waals surface area contributed by atoms with E-state index in [2.05, 4.69) is 0 Å². The molecule has 0 unspecified atom stereocenters. The van der Waals surface area contributed by atoms with Crippen LogP contribution in [0.3, 0.4) is 0 Å². The van der Waals surface area contributed by atoms with Gasteiger partial charge in [0.25, 0.3) is 5.91 Å². The number of primary amides is 1. The Morgan fingerprint density at radius 1 is 1.12 bits per heavy atom. The van der Waals surface area contributed by atoms with Gasteiger partial charge in [-0.2, -0.15) is 0 Å². The number of likely N-dealkylation sites (tertiary alicyclic amines) is 1. The van der Waals surface area contributed by atoms with Crippen molar-refractivity contribution in [2.24, 2.45) is 11.5 Å². The number of hydrogen-bond acceptors (Lipinski definition) is 3. The first kappa shape index (κ1) is 17.2. The molecule has 1 aliphatic heterocycles. The summed E-state index contributed by atoms with van der Waals surface area (Å²) in [4.78, 5) is 26.4. The fraction of sp³-hybridized carbons (Fsp3) is 0.300. The summed E-state index contributed by atoms with van der Waals surface area (Å²) in [7, 11) is 0. The molecule has 1 fully saturated rings. The first-order chi connectivity index (χ1) is 12.0. The average molecular weight is 337 g/mol. The molecule has 3 rings (SSSR count). The lowest BCUT2D eigenvalue weighted by Gasteiger charge is -2.32. The highest BCUT2D eigenvalue weighted by Gasteiger charge is 2.44. The summed E-state index contributed by atoms with van der Waals surface area (Å²) in [5.41, 5.74) is 13.9. The zero-order valence-electron chi connectivity index (χ0n) is 14.4. The van der Waals surface area contributed by atoms with Gasteiger partial charge in [0, 0.05) is 18.7 Å². The van der Waals surface area contributed by atoms with Gasteiger partial charge < -0.3 is 16.4 Å². The van der Waals surface area contributed by atoms with Gasteiger partial charge in [-0.15, -0.1) is 0 Å². The molecule has 0 aliphatic carbocycles. The van der Waals surface area contributed by atoms with E-state index in [1.165, 1.54) is 0 Å². The highest BCUT2D eigenvalue weighted by molar-refractivity contribution is 6.00. The highest BCUT2D eigenvalue weighted by Crippen LogP contribution is 2.31. The van der Waals surface area contributed by atoms with Gasteiger partial charge >= 0.3 is 0 Å². The second-order valence-corrected chi connectivity index (χ2v) is 6.68. The number of carbonyl (C=O) groups excluding carboxylic acids is 2. The Balaban J connectivity index is 1.93. The maximum atomic E-state index is 13.0. The molecule has 0 radical (unpaired) electrons. The van der Waals surface area contributed by atoms with Crippen LogP contribution >= 0.6 is 0 Å². The molecule has 2 aromatic carbocycles. The molecule has 1 saturated heterocycles. The molecule has 5 heteroatoms. The van der Waals surface area contributed by atoms with E-state index in [0.717, 1.165) is 23.1 Å². The lowest BCUT2D eigenvalue weighted by atomic mass is 9.96. The Bertz CT molecular complexity index is 818. The molecular formula is C20H23N3O2. The third kappa shape index (κ3) is 3.15. The van der Waals surface area contributed by atoms with E-state index in [4.69, 9.17) is 11.5 Å². The van der Waals surface area contributed by atoms with Gasteiger partial charge in [0.15, 0.2) is 0 Å². The van der Waals surface area contributed by atoms with Crippen molar-refractivity contribution in [2.45, 2.75) is 31.8 Å². The average Bonchev–Trinajstić information content (AvgIpc) is 3.04. The highest BCUT2D eigenvalue weighted by atomic mass is 16.2. The van der Waals surface area contributed by atoms with Crippen LogP contribution in [0.2, 0.25) is 0 Å². The van der Waals surface area contributed by atoms with Crippen LogP contribution in [0.15, 0.2) is 48.5 Å². The summed E-state index contributed by atoms with van der Waals surface area (Å²) in [6.45, 7) is 2.76. The SMILES string of the molecule is C[C@@]1(C(N)=O)CCCN1C(=O)c1cccc(-c2cccc(CN)c2)c1. The molecule has 4 N–H and O–H groups in total. The molecule has 2 amide bonds. The van der Waals surface area contributed by atoms with E-state index in [0.29, 0.717) is 25.1 Å². The molecular weight excluding hydrogens is 314 g/mol. The largest absolute Gasteiger partial charge is 0.368 e. The smallest absolute Gasteiger partial charge is 0.254 e. The van der Waals surface area contributed by atoms with Crippen molar-refractivity contribution in [1.29, 1.82) is 0 Å². The predicted octanol–water partition coefficient (Wildman–Crippen LogP) is 2.29. The van der Waals surface area contributed by atoms with Crippen molar-refractivity contribution >= 4 is 11.8 Å². The lowest BCUT2D eigenvalue weighted by molar-refractivity contribution is -0.126. The molecule has 0 bridgehead atoms. The minimum Gasteiger partial charge on any atom is -0.368 e. The second-order valence-electron chi connectivity index (χ2n) is 6.68. The summed E-state index contributed by atoms with van der Waals surface area (Å²) in [5.74, 6) is -0.610. The fourth-order valence-electron chi connectivity index (χ4n) is 3.41. The maximum Gasteiger partial charge on any atom is 0.254 e. The fourth-order valence-corrected chi connectivity index (χ4v) is 3.41. The standard InChI is InChI=1S/C20H23N3O2/c1-20(19(22)25)9-4-10-23(20)18(24)17-8-3-7-16(12-17)15-6-2-5-14(11-15)13-21/h2-3,5-8,11-12H,4,9-10,13,21H2,1H3,(H2,22,25)/t20-/m0/s1. The molecule has 1 atom stereocenters. The predicted molar refractivity (Wildman–Crippen MR) is 97.6 cm³/mol. The van der Waals surface area contributed by atoms with Crippen molar-refractivity contribution in [3.05, 3.63) is 59.7 Å². The number of rotatable bonds is 4. The van der Waals surface area contributed by atoms with Gasteiger partial charge in [-0.05, 0) is 54.7 Å². The number of amides is 2. The Kier molecular flexibility index (Phi) is 4.59. The Morgan fingerprint density at radius 3 is 2.48 bits per heavy atom. The van der Waals surface area contributed by atoms with E-state index >= 15 is 0 Å². The monoisotopic (exact) mass is 337 g/mol. The molecule has 0 aromatic heterocycles. The van der Waals surface area contributed by atoms with Gasteiger partial charge in [-0.1, -0.05) is 30.3 Å². The van der Waals surface area contributed by atoms with Crippen LogP contribution in [-0.4, -0.2) is 28.8 Å². The Hall–Kier alpha value is -2.66. The van der Waals surface area contributed by atoms with Crippen molar-refractivity contribution in [3.8, 4) is 11.1 Å². The van der Waals surface area contributed by atoms with Gasteiger partial charge in [-0.25, -0.2) is 0 Å². The van der Waals surface area contributed by atoms with Crippen LogP contribution < -0.4 is 11.5 Å². The molecule has 2 aromatic rings. The van der Waals surface area contributed by atoms with E-state index in [-0.39, 0.29) is 5.91 Å². The third-order valence-electron chi connectivity index (χ3n) is 5.02. The quantitative estimate of drug-likeness (QED) is 0.897. The van der Waals surface area contributed by atoms with Crippen molar-refractivity contribution < 1.29 is 9.59 Å². The molecule has 1 heterocycles. The minimum atomic E-state index is -0.910. The molecule has 0 saturated carbocycles. The summed E-state index contributed by atoms with van der Waals surface area (Å²) in [5, 5.41) is 0. The summed E-state index contributed by atoms with van der Waals surface area (Å²) in [6, 6.07) is 15.4. The van der Waals surface area contributed by atoms with Crippen molar-refractivity contribution in [1.82, 2.24) is 4.90 Å². The number of carbonyl (C=O) groups is 2. The van der Waals surface area contributed by atoms with Crippen LogP contribution in [0, 0.1) is 0 Å². The van der Waals surface area contributed by atoms with Gasteiger partial charge in [-0.3, -0.25) is 9.59 Å². The van der Waals surface area contributed by atoms with E-state index in [1.54, 1.807) is 17.9 Å². The number of hydrogen-bond donors (Lipinski definition) is 2. The number of nitrogens with two attached hydrogens (primary N) is 2. The van der Waals surface area contributed by atoms with Crippen LogP contribution in [0.25, 0.3) is 11.1 Å². The van der Waals surface area contributed by atoms with Gasteiger partial charge in [0.1, 0.15) is 5.54 Å². The molecule has 25 heavy (non-hydrogen) atoms. The first-order valence-electron chi connectivity index (χ1n) is 8.47. The molecule has 0 spiro atoms. The lowest BCUT2D eigenvalue weighted by Crippen LogP contribution is -2.53. The van der Waals surface area contributed by atoms with Crippen LogP contribution in [-0.2, 0) is 11.3 Å². The molecule has 1 aliphatic rings. The van der Waals surface area contributed by atoms with Crippen molar-refractivity contribution in [2.75, 3.05) is 6.54 Å². The molecule has 5 nitrogen and oxygen atoms in total. The Morgan fingerprint density at radius 2 is 1.80 bits per heavy atom. The Labute approximate surface area is 147 Å². The number of benzene rings is 2. The summed E-state index contributed by atoms with van der Waals surface area (Å²) in [6.07, 6.45) is 1.38. The zero-order valence-corrected chi connectivity index (χ0v) is 14.4. The van der Waals surface area contributed by atoms with Crippen LogP contribution in [0.1, 0.15) is 35.7 Å². The van der Waals surface area contributed by atoms with Gasteiger partial charge in [0.2, 0.25) is 5.91 Å². The van der Waals surface area contributed by atoms with Crippen LogP contribution in [0.4, 0.5) is 0 Å². The number of nitrogens with zero attached hydrogens (tertiary/aromatic N) is 1. The van der Waals surface area contributed by atoms with E-state index < -0.39 is 11.4 Å². The third-order valence-corrected chi connectivity index (χ3v) is 5.02. The molecule has 130 valence electrons. The van der Waals surface area contributed by atoms with Crippen molar-refractivity contribution in [3.63, 3.8) is 0 Å².